The second-order valence-corrected chi connectivity index (χ2v) is 8.54. The Morgan fingerprint density at radius 1 is 1.25 bits per heavy atom. The zero-order chi connectivity index (χ0) is 17.1. The predicted molar refractivity (Wildman–Crippen MR) is 89.2 cm³/mol. The zero-order valence-electron chi connectivity index (χ0n) is 13.6. The van der Waals surface area contributed by atoms with Crippen LogP contribution in [-0.2, 0) is 16.8 Å². The van der Waals surface area contributed by atoms with Gasteiger partial charge in [0.15, 0.2) is 0 Å². The first kappa shape index (κ1) is 16.1. The van der Waals surface area contributed by atoms with Gasteiger partial charge in [0, 0.05) is 11.3 Å². The minimum Gasteiger partial charge on any atom is -0.393 e. The Hall–Kier alpha value is -1.37. The summed E-state index contributed by atoms with van der Waals surface area (Å²) in [5.74, 6) is 0.926. The Morgan fingerprint density at radius 2 is 2.04 bits per heavy atom. The lowest BCUT2D eigenvalue weighted by molar-refractivity contribution is 0.0267. The third-order valence-electron chi connectivity index (χ3n) is 6.31. The molecule has 1 aromatic rings. The molecule has 0 aromatic heterocycles. The van der Waals surface area contributed by atoms with Crippen LogP contribution >= 0.6 is 0 Å². The summed E-state index contributed by atoms with van der Waals surface area (Å²) in [6, 6.07) is 5.22. The van der Waals surface area contributed by atoms with Crippen molar-refractivity contribution in [3.05, 3.63) is 41.0 Å². The van der Waals surface area contributed by atoms with Crippen LogP contribution in [0.3, 0.4) is 0 Å². The van der Waals surface area contributed by atoms with Gasteiger partial charge in [-0.1, -0.05) is 24.6 Å². The van der Waals surface area contributed by atoms with E-state index < -0.39 is 10.4 Å². The van der Waals surface area contributed by atoms with Gasteiger partial charge >= 0.3 is 10.4 Å². The van der Waals surface area contributed by atoms with Crippen LogP contribution < -0.4 is 4.18 Å². The SMILES string of the molecule is C[C@]12CC[C@H]3C(=CCc4cc(OS(=O)(=O)O)ccc43)[C@@H]1CC[C@@H]2O. The third kappa shape index (κ3) is 2.48. The van der Waals surface area contributed by atoms with E-state index in [1.54, 1.807) is 12.1 Å². The Bertz CT molecular complexity index is 813. The summed E-state index contributed by atoms with van der Waals surface area (Å²) in [6.45, 7) is 2.21. The lowest BCUT2D eigenvalue weighted by Crippen LogP contribution is -2.39. The van der Waals surface area contributed by atoms with E-state index >= 15 is 0 Å². The van der Waals surface area contributed by atoms with Gasteiger partial charge in [-0.3, -0.25) is 4.55 Å². The highest BCUT2D eigenvalue weighted by molar-refractivity contribution is 7.81. The van der Waals surface area contributed by atoms with E-state index in [9.17, 15) is 13.5 Å². The summed E-state index contributed by atoms with van der Waals surface area (Å²) in [5, 5.41) is 10.4. The average molecular weight is 350 g/mol. The van der Waals surface area contributed by atoms with E-state index in [-0.39, 0.29) is 17.3 Å². The van der Waals surface area contributed by atoms with Gasteiger partial charge in [-0.25, -0.2) is 0 Å². The van der Waals surface area contributed by atoms with Crippen LogP contribution in [0.2, 0.25) is 0 Å². The molecule has 0 unspecified atom stereocenters. The fourth-order valence-electron chi connectivity index (χ4n) is 5.09. The first-order chi connectivity index (χ1) is 11.3. The minimum atomic E-state index is -4.50. The number of benzene rings is 1. The molecule has 2 saturated carbocycles. The highest BCUT2D eigenvalue weighted by Crippen LogP contribution is 2.59. The third-order valence-corrected chi connectivity index (χ3v) is 6.71. The van der Waals surface area contributed by atoms with E-state index in [1.165, 1.54) is 11.1 Å². The van der Waals surface area contributed by atoms with Crippen LogP contribution in [0.15, 0.2) is 29.8 Å². The molecular weight excluding hydrogens is 328 g/mol. The monoisotopic (exact) mass is 350 g/mol. The van der Waals surface area contributed by atoms with Crippen LogP contribution in [0, 0.1) is 11.3 Å². The summed E-state index contributed by atoms with van der Waals surface area (Å²) in [6.07, 6.45) is 6.69. The Kier molecular flexibility index (Phi) is 3.57. The van der Waals surface area contributed by atoms with Crippen LogP contribution in [0.5, 0.6) is 5.75 Å². The maximum absolute atomic E-state index is 10.9. The van der Waals surface area contributed by atoms with Crippen LogP contribution in [0.4, 0.5) is 0 Å². The van der Waals surface area contributed by atoms with Gasteiger partial charge in [-0.15, -0.1) is 0 Å². The summed E-state index contributed by atoms with van der Waals surface area (Å²) in [7, 11) is -4.50. The first-order valence-electron chi connectivity index (χ1n) is 8.46. The van der Waals surface area contributed by atoms with E-state index in [0.29, 0.717) is 11.8 Å². The average Bonchev–Trinajstić information content (AvgIpc) is 2.81. The number of fused-ring (bicyclic) bond motifs is 5. The van der Waals surface area contributed by atoms with Crippen molar-refractivity contribution >= 4 is 10.4 Å². The largest absolute Gasteiger partial charge is 0.446 e. The molecule has 4 atom stereocenters. The van der Waals surface area contributed by atoms with Gasteiger partial charge < -0.3 is 9.29 Å². The van der Waals surface area contributed by atoms with Crippen molar-refractivity contribution in [3.63, 3.8) is 0 Å². The molecule has 4 rings (SSSR count). The maximum Gasteiger partial charge on any atom is 0.446 e. The van der Waals surface area contributed by atoms with Crippen LogP contribution in [0.1, 0.15) is 49.7 Å². The number of rotatable bonds is 2. The van der Waals surface area contributed by atoms with E-state index in [2.05, 4.69) is 17.2 Å². The van der Waals surface area contributed by atoms with Crippen molar-refractivity contribution in [3.8, 4) is 5.75 Å². The van der Waals surface area contributed by atoms with Gasteiger partial charge in [0.2, 0.25) is 0 Å². The highest BCUT2D eigenvalue weighted by atomic mass is 32.3. The van der Waals surface area contributed by atoms with Gasteiger partial charge in [0.1, 0.15) is 5.75 Å². The van der Waals surface area contributed by atoms with Gasteiger partial charge in [-0.2, -0.15) is 8.42 Å². The number of allylic oxidation sites excluding steroid dienone is 2. The van der Waals surface area contributed by atoms with Crippen molar-refractivity contribution < 1.29 is 22.3 Å². The summed E-state index contributed by atoms with van der Waals surface area (Å²) >= 11 is 0. The summed E-state index contributed by atoms with van der Waals surface area (Å²) in [5.41, 5.74) is 3.70. The number of aliphatic hydroxyl groups excluding tert-OH is 1. The van der Waals surface area contributed by atoms with E-state index in [4.69, 9.17) is 4.55 Å². The first-order valence-corrected chi connectivity index (χ1v) is 9.82. The topological polar surface area (TPSA) is 83.8 Å². The van der Waals surface area contributed by atoms with Crippen LogP contribution in [0.25, 0.3) is 0 Å². The van der Waals surface area contributed by atoms with Gasteiger partial charge in [0.05, 0.1) is 6.10 Å². The molecule has 0 heterocycles. The maximum atomic E-state index is 10.9. The molecule has 0 saturated heterocycles. The van der Waals surface area contributed by atoms with E-state index in [0.717, 1.165) is 37.7 Å². The molecule has 5 nitrogen and oxygen atoms in total. The summed E-state index contributed by atoms with van der Waals surface area (Å²) < 4.78 is 35.2. The fraction of sp³-hybridized carbons (Fsp3) is 0.556. The van der Waals surface area contributed by atoms with Crippen molar-refractivity contribution in [2.45, 2.75) is 51.0 Å². The fourth-order valence-corrected chi connectivity index (χ4v) is 5.44. The van der Waals surface area contributed by atoms with Crippen molar-refractivity contribution in [2.24, 2.45) is 11.3 Å². The lowest BCUT2D eigenvalue weighted by atomic mass is 9.59. The van der Waals surface area contributed by atoms with Crippen LogP contribution in [-0.4, -0.2) is 24.2 Å². The molecule has 0 radical (unpaired) electrons. The van der Waals surface area contributed by atoms with Crippen molar-refractivity contribution in [1.82, 2.24) is 0 Å². The van der Waals surface area contributed by atoms with Crippen molar-refractivity contribution in [2.75, 3.05) is 0 Å². The number of hydrogen-bond acceptors (Lipinski definition) is 4. The molecule has 3 aliphatic carbocycles. The Balaban J connectivity index is 1.67. The standard InChI is InChI=1S/C18H22O5S/c1-18-9-8-14-13-5-3-12(23-24(20,21)22)10-11(13)2-4-15(14)16(18)6-7-17(18)19/h3-5,10,14,16-17,19H,2,6-9H2,1H3,(H,20,21,22)/t14-,16+,17+,18+/m1/s1. The molecule has 6 heteroatoms. The predicted octanol–water partition coefficient (Wildman–Crippen LogP) is 3.01. The van der Waals surface area contributed by atoms with Gasteiger partial charge in [0.25, 0.3) is 0 Å². The molecule has 0 spiro atoms. The Morgan fingerprint density at radius 3 is 2.79 bits per heavy atom. The lowest BCUT2D eigenvalue weighted by Gasteiger charge is -2.46. The molecule has 3 aliphatic rings. The second-order valence-electron chi connectivity index (χ2n) is 7.52. The second kappa shape index (κ2) is 5.31. The molecule has 2 N–H and O–H groups in total. The molecule has 0 bridgehead atoms. The molecule has 0 amide bonds. The molecular formula is C18H22O5S. The highest BCUT2D eigenvalue weighted by Gasteiger charge is 2.51. The quantitative estimate of drug-likeness (QED) is 0.633. The molecule has 2 fully saturated rings. The Labute approximate surface area is 142 Å². The molecule has 24 heavy (non-hydrogen) atoms. The molecule has 1 aromatic carbocycles. The smallest absolute Gasteiger partial charge is 0.393 e. The van der Waals surface area contributed by atoms with Gasteiger partial charge in [-0.05, 0) is 61.3 Å². The molecule has 130 valence electrons. The normalized spacial score (nSPS) is 34.8. The minimum absolute atomic E-state index is 0.00610. The number of aliphatic hydroxyl groups is 1. The van der Waals surface area contributed by atoms with E-state index in [1.807, 2.05) is 6.07 Å². The van der Waals surface area contributed by atoms with Crippen molar-refractivity contribution in [1.29, 1.82) is 0 Å². The number of hydrogen-bond donors (Lipinski definition) is 2. The zero-order valence-corrected chi connectivity index (χ0v) is 14.4. The molecule has 0 aliphatic heterocycles. The summed E-state index contributed by atoms with van der Waals surface area (Å²) in [4.78, 5) is 0.